The maximum absolute atomic E-state index is 12.6. The zero-order valence-corrected chi connectivity index (χ0v) is 13.6. The Labute approximate surface area is 142 Å². The molecule has 1 N–H and O–H groups in total. The van der Waals surface area contributed by atoms with E-state index in [-0.39, 0.29) is 13.0 Å². The molecule has 0 amide bonds. The lowest BCUT2D eigenvalue weighted by atomic mass is 9.95. The van der Waals surface area contributed by atoms with Crippen molar-refractivity contribution in [2.75, 3.05) is 6.61 Å². The number of hydrogen-bond acceptors (Lipinski definition) is 4. The number of carboxylic acid groups (broad SMARTS) is 1. The van der Waals surface area contributed by atoms with Crippen molar-refractivity contribution in [1.29, 1.82) is 0 Å². The molecule has 0 heterocycles. The van der Waals surface area contributed by atoms with Crippen molar-refractivity contribution < 1.29 is 37.4 Å². The molecule has 0 aromatic heterocycles. The standard InChI is InChI=1S/C17H19F3O5/c1-2-25-16(24)13(14(21)15(22)23)9-4-3-6-11-7-5-8-12(10-11)17(18,19)20/h5,7-8,10,13H,2-4,6,9H2,1H3,(H,22,23). The number of Topliss-reactive ketones (excluding diaryl/α,β-unsaturated/α-hetero) is 1. The lowest BCUT2D eigenvalue weighted by Gasteiger charge is -2.12. The average molecular weight is 360 g/mol. The fourth-order valence-corrected chi connectivity index (χ4v) is 2.33. The van der Waals surface area contributed by atoms with Gasteiger partial charge in [0.25, 0.3) is 5.78 Å². The Balaban J connectivity index is 2.60. The fraction of sp³-hybridized carbons (Fsp3) is 0.471. The quantitative estimate of drug-likeness (QED) is 0.316. The highest BCUT2D eigenvalue weighted by molar-refractivity contribution is 6.37. The largest absolute Gasteiger partial charge is 0.475 e. The van der Waals surface area contributed by atoms with Crippen LogP contribution in [-0.2, 0) is 31.7 Å². The number of aryl methyl sites for hydroxylation is 1. The molecule has 8 heteroatoms. The van der Waals surface area contributed by atoms with Crippen LogP contribution in [0.2, 0.25) is 0 Å². The van der Waals surface area contributed by atoms with Crippen molar-refractivity contribution in [2.45, 2.75) is 38.8 Å². The topological polar surface area (TPSA) is 80.7 Å². The predicted octanol–water partition coefficient (Wildman–Crippen LogP) is 3.25. The number of carbonyl (C=O) groups is 3. The zero-order valence-electron chi connectivity index (χ0n) is 13.6. The second-order valence-corrected chi connectivity index (χ2v) is 5.42. The summed E-state index contributed by atoms with van der Waals surface area (Å²) in [5, 5.41) is 8.75. The second-order valence-electron chi connectivity index (χ2n) is 5.42. The molecule has 0 spiro atoms. The van der Waals surface area contributed by atoms with E-state index in [4.69, 9.17) is 9.84 Å². The Kier molecular flexibility index (Phi) is 7.60. The Hall–Kier alpha value is -2.38. The van der Waals surface area contributed by atoms with Gasteiger partial charge < -0.3 is 9.84 Å². The summed E-state index contributed by atoms with van der Waals surface area (Å²) < 4.78 is 42.6. The molecule has 1 aromatic rings. The predicted molar refractivity (Wildman–Crippen MR) is 81.8 cm³/mol. The van der Waals surface area contributed by atoms with E-state index in [9.17, 15) is 27.6 Å². The lowest BCUT2D eigenvalue weighted by Crippen LogP contribution is -2.31. The van der Waals surface area contributed by atoms with E-state index in [1.807, 2.05) is 0 Å². The van der Waals surface area contributed by atoms with Crippen LogP contribution in [0.5, 0.6) is 0 Å². The first-order valence-corrected chi connectivity index (χ1v) is 7.76. The normalized spacial score (nSPS) is 12.5. The number of carbonyl (C=O) groups excluding carboxylic acids is 2. The Morgan fingerprint density at radius 3 is 2.44 bits per heavy atom. The molecule has 0 radical (unpaired) electrons. The first-order chi connectivity index (χ1) is 11.7. The molecule has 1 rings (SSSR count). The van der Waals surface area contributed by atoms with Crippen LogP contribution in [0.1, 0.15) is 37.3 Å². The Morgan fingerprint density at radius 2 is 1.88 bits per heavy atom. The fourth-order valence-electron chi connectivity index (χ4n) is 2.33. The van der Waals surface area contributed by atoms with Gasteiger partial charge >= 0.3 is 18.1 Å². The Morgan fingerprint density at radius 1 is 1.20 bits per heavy atom. The molecule has 0 saturated heterocycles. The van der Waals surface area contributed by atoms with E-state index in [1.165, 1.54) is 13.0 Å². The summed E-state index contributed by atoms with van der Waals surface area (Å²) in [6, 6.07) is 4.89. The van der Waals surface area contributed by atoms with Gasteiger partial charge in [-0.15, -0.1) is 0 Å². The molecule has 0 fully saturated rings. The van der Waals surface area contributed by atoms with Crippen LogP contribution in [0.15, 0.2) is 24.3 Å². The lowest BCUT2D eigenvalue weighted by molar-refractivity contribution is -0.159. The first kappa shape index (κ1) is 20.7. The number of carboxylic acids is 1. The first-order valence-electron chi connectivity index (χ1n) is 7.76. The monoisotopic (exact) mass is 360 g/mol. The highest BCUT2D eigenvalue weighted by atomic mass is 19.4. The molecular formula is C17H19F3O5. The minimum Gasteiger partial charge on any atom is -0.475 e. The number of benzene rings is 1. The van der Waals surface area contributed by atoms with Gasteiger partial charge in [-0.1, -0.05) is 24.6 Å². The van der Waals surface area contributed by atoms with Crippen molar-refractivity contribution in [3.05, 3.63) is 35.4 Å². The number of ether oxygens (including phenoxy) is 1. The van der Waals surface area contributed by atoms with Crippen molar-refractivity contribution in [3.63, 3.8) is 0 Å². The van der Waals surface area contributed by atoms with Crippen LogP contribution in [0.3, 0.4) is 0 Å². The van der Waals surface area contributed by atoms with E-state index in [0.717, 1.165) is 12.1 Å². The third kappa shape index (κ3) is 6.56. The number of alkyl halides is 3. The van der Waals surface area contributed by atoms with Crippen molar-refractivity contribution in [1.82, 2.24) is 0 Å². The van der Waals surface area contributed by atoms with Crippen molar-refractivity contribution in [3.8, 4) is 0 Å². The SMILES string of the molecule is CCOC(=O)C(CCCCc1cccc(C(F)(F)F)c1)C(=O)C(=O)O. The van der Waals surface area contributed by atoms with Gasteiger partial charge in [-0.2, -0.15) is 13.2 Å². The van der Waals surface area contributed by atoms with Crippen molar-refractivity contribution >= 4 is 17.7 Å². The Bertz CT molecular complexity index is 625. The van der Waals surface area contributed by atoms with Crippen LogP contribution in [0.25, 0.3) is 0 Å². The van der Waals surface area contributed by atoms with E-state index < -0.39 is 35.4 Å². The van der Waals surface area contributed by atoms with Gasteiger partial charge in [-0.05, 0) is 37.8 Å². The van der Waals surface area contributed by atoms with Gasteiger partial charge in [0.2, 0.25) is 0 Å². The van der Waals surface area contributed by atoms with Gasteiger partial charge in [0.1, 0.15) is 5.92 Å². The number of unbranched alkanes of at least 4 members (excludes halogenated alkanes) is 1. The number of ketones is 1. The number of halogens is 3. The summed E-state index contributed by atoms with van der Waals surface area (Å²) in [5.74, 6) is -5.23. The summed E-state index contributed by atoms with van der Waals surface area (Å²) in [4.78, 5) is 34.0. The van der Waals surface area contributed by atoms with E-state index in [2.05, 4.69) is 0 Å². The minimum atomic E-state index is -4.42. The molecule has 25 heavy (non-hydrogen) atoms. The van der Waals surface area contributed by atoms with Crippen LogP contribution in [-0.4, -0.2) is 29.4 Å². The maximum atomic E-state index is 12.6. The van der Waals surface area contributed by atoms with Crippen LogP contribution < -0.4 is 0 Å². The smallest absolute Gasteiger partial charge is 0.416 e. The summed E-state index contributed by atoms with van der Waals surface area (Å²) in [6.07, 6.45) is -3.41. The zero-order chi connectivity index (χ0) is 19.0. The highest BCUT2D eigenvalue weighted by Crippen LogP contribution is 2.29. The molecule has 1 aromatic carbocycles. The average Bonchev–Trinajstić information content (AvgIpc) is 2.54. The molecule has 5 nitrogen and oxygen atoms in total. The van der Waals surface area contributed by atoms with Gasteiger partial charge in [-0.25, -0.2) is 4.79 Å². The highest BCUT2D eigenvalue weighted by Gasteiger charge is 2.32. The van der Waals surface area contributed by atoms with E-state index >= 15 is 0 Å². The molecule has 0 aliphatic carbocycles. The third-order valence-electron chi connectivity index (χ3n) is 3.56. The molecule has 0 aliphatic heterocycles. The molecule has 138 valence electrons. The summed E-state index contributed by atoms with van der Waals surface area (Å²) in [5.41, 5.74) is -0.262. The summed E-state index contributed by atoms with van der Waals surface area (Å²) >= 11 is 0. The van der Waals surface area contributed by atoms with Gasteiger partial charge in [-0.3, -0.25) is 9.59 Å². The van der Waals surface area contributed by atoms with Crippen LogP contribution in [0.4, 0.5) is 13.2 Å². The number of esters is 1. The van der Waals surface area contributed by atoms with E-state index in [1.54, 1.807) is 6.07 Å². The third-order valence-corrected chi connectivity index (χ3v) is 3.56. The van der Waals surface area contributed by atoms with Crippen LogP contribution >= 0.6 is 0 Å². The van der Waals surface area contributed by atoms with Crippen molar-refractivity contribution in [2.24, 2.45) is 5.92 Å². The van der Waals surface area contributed by atoms with Gasteiger partial charge in [0, 0.05) is 0 Å². The summed E-state index contributed by atoms with van der Waals surface area (Å²) in [7, 11) is 0. The second kappa shape index (κ2) is 9.19. The number of rotatable bonds is 9. The molecule has 0 aliphatic rings. The summed E-state index contributed by atoms with van der Waals surface area (Å²) in [6.45, 7) is 1.56. The molecular weight excluding hydrogens is 341 g/mol. The molecule has 0 bridgehead atoms. The molecule has 1 atom stereocenters. The number of hydrogen-bond donors (Lipinski definition) is 1. The van der Waals surface area contributed by atoms with E-state index in [0.29, 0.717) is 24.8 Å². The number of aliphatic carboxylic acids is 1. The van der Waals surface area contributed by atoms with Gasteiger partial charge in [0.05, 0.1) is 12.2 Å². The molecule has 0 saturated carbocycles. The maximum Gasteiger partial charge on any atom is 0.416 e. The molecule has 1 unspecified atom stereocenters. The van der Waals surface area contributed by atoms with Crippen LogP contribution in [0, 0.1) is 5.92 Å². The van der Waals surface area contributed by atoms with Gasteiger partial charge in [0.15, 0.2) is 0 Å². The minimum absolute atomic E-state index is 0.0203.